The Morgan fingerprint density at radius 2 is 1.76 bits per heavy atom. The highest BCUT2D eigenvalue weighted by atomic mass is 32.2. The Labute approximate surface area is 197 Å². The summed E-state index contributed by atoms with van der Waals surface area (Å²) in [7, 11) is 1.58. The Morgan fingerprint density at radius 1 is 0.970 bits per heavy atom. The van der Waals surface area contributed by atoms with Crippen LogP contribution < -0.4 is 10.1 Å². The standard InChI is InChI=1S/C25H26N2O5S/c1-30-15-14-27-24(28)18-33-23-8-3-2-7-22(23)25(29)32-16-19-9-11-21(12-10-19)31-17-20-6-4-5-13-26-20/h2-13H,14-18H2,1H3,(H,27,28). The summed E-state index contributed by atoms with van der Waals surface area (Å²) in [5.41, 5.74) is 2.12. The third kappa shape index (κ3) is 8.25. The van der Waals surface area contributed by atoms with Crippen LogP contribution in [0.2, 0.25) is 0 Å². The second-order valence-corrected chi connectivity index (χ2v) is 7.97. The molecule has 0 fully saturated rings. The van der Waals surface area contributed by atoms with Gasteiger partial charge in [0.15, 0.2) is 0 Å². The van der Waals surface area contributed by atoms with Crippen LogP contribution in [-0.2, 0) is 27.5 Å². The Balaban J connectivity index is 1.48. The molecule has 8 heteroatoms. The van der Waals surface area contributed by atoms with Gasteiger partial charge in [-0.3, -0.25) is 9.78 Å². The first kappa shape index (κ1) is 24.3. The molecule has 3 aromatic rings. The summed E-state index contributed by atoms with van der Waals surface area (Å²) >= 11 is 1.29. The molecule has 0 aliphatic rings. The van der Waals surface area contributed by atoms with Gasteiger partial charge in [0, 0.05) is 24.7 Å². The molecule has 1 aromatic heterocycles. The molecule has 2 aromatic carbocycles. The van der Waals surface area contributed by atoms with Crippen molar-refractivity contribution in [3.8, 4) is 5.75 Å². The fourth-order valence-electron chi connectivity index (χ4n) is 2.80. The van der Waals surface area contributed by atoms with Crippen LogP contribution in [0.25, 0.3) is 0 Å². The number of rotatable bonds is 12. The summed E-state index contributed by atoms with van der Waals surface area (Å²) in [6, 6.07) is 20.1. The lowest BCUT2D eigenvalue weighted by Gasteiger charge is -2.10. The molecule has 0 radical (unpaired) electrons. The molecular weight excluding hydrogens is 440 g/mol. The second-order valence-electron chi connectivity index (χ2n) is 6.96. The van der Waals surface area contributed by atoms with Gasteiger partial charge in [0.2, 0.25) is 5.91 Å². The Morgan fingerprint density at radius 3 is 2.52 bits per heavy atom. The van der Waals surface area contributed by atoms with Gasteiger partial charge in [-0.25, -0.2) is 4.79 Å². The number of hydrogen-bond donors (Lipinski definition) is 1. The molecular formula is C25H26N2O5S. The monoisotopic (exact) mass is 466 g/mol. The zero-order valence-electron chi connectivity index (χ0n) is 18.4. The minimum atomic E-state index is -0.437. The highest BCUT2D eigenvalue weighted by Crippen LogP contribution is 2.24. The van der Waals surface area contributed by atoms with Crippen molar-refractivity contribution in [3.05, 3.63) is 89.7 Å². The summed E-state index contributed by atoms with van der Waals surface area (Å²) in [6.07, 6.45) is 1.73. The summed E-state index contributed by atoms with van der Waals surface area (Å²) in [6.45, 7) is 1.42. The van der Waals surface area contributed by atoms with Crippen LogP contribution in [-0.4, -0.2) is 42.9 Å². The Bertz CT molecular complexity index is 1030. The van der Waals surface area contributed by atoms with E-state index in [9.17, 15) is 9.59 Å². The number of methoxy groups -OCH3 is 1. The zero-order chi connectivity index (χ0) is 23.3. The van der Waals surface area contributed by atoms with E-state index in [1.54, 1.807) is 31.5 Å². The van der Waals surface area contributed by atoms with E-state index in [-0.39, 0.29) is 18.3 Å². The van der Waals surface area contributed by atoms with E-state index in [1.807, 2.05) is 48.5 Å². The largest absolute Gasteiger partial charge is 0.487 e. The number of benzene rings is 2. The summed E-state index contributed by atoms with van der Waals surface area (Å²) in [5.74, 6) is 0.355. The number of pyridine rings is 1. The lowest BCUT2D eigenvalue weighted by atomic mass is 10.2. The van der Waals surface area contributed by atoms with Crippen molar-refractivity contribution in [3.63, 3.8) is 0 Å². The highest BCUT2D eigenvalue weighted by molar-refractivity contribution is 8.00. The average molecular weight is 467 g/mol. The van der Waals surface area contributed by atoms with Gasteiger partial charge in [-0.05, 0) is 42.0 Å². The maximum absolute atomic E-state index is 12.6. The molecule has 0 aliphatic heterocycles. The normalized spacial score (nSPS) is 10.5. The van der Waals surface area contributed by atoms with Crippen LogP contribution in [0.3, 0.4) is 0 Å². The van der Waals surface area contributed by atoms with Crippen molar-refractivity contribution < 1.29 is 23.8 Å². The van der Waals surface area contributed by atoms with Crippen LogP contribution in [0, 0.1) is 0 Å². The predicted octanol–water partition coefficient (Wildman–Crippen LogP) is 3.87. The topological polar surface area (TPSA) is 86.8 Å². The Hall–Kier alpha value is -3.36. The predicted molar refractivity (Wildman–Crippen MR) is 126 cm³/mol. The molecule has 1 N–H and O–H groups in total. The van der Waals surface area contributed by atoms with Crippen LogP contribution in [0.1, 0.15) is 21.6 Å². The lowest BCUT2D eigenvalue weighted by molar-refractivity contribution is -0.118. The minimum absolute atomic E-state index is 0.120. The fourth-order valence-corrected chi connectivity index (χ4v) is 3.67. The number of hydrogen-bond acceptors (Lipinski definition) is 7. The van der Waals surface area contributed by atoms with Crippen LogP contribution in [0.5, 0.6) is 5.75 Å². The van der Waals surface area contributed by atoms with Gasteiger partial charge in [-0.2, -0.15) is 0 Å². The van der Waals surface area contributed by atoms with E-state index in [0.717, 1.165) is 11.3 Å². The van der Waals surface area contributed by atoms with Crippen LogP contribution in [0.15, 0.2) is 77.8 Å². The number of thioether (sulfide) groups is 1. The van der Waals surface area contributed by atoms with Gasteiger partial charge >= 0.3 is 5.97 Å². The summed E-state index contributed by atoms with van der Waals surface area (Å²) in [4.78, 5) is 29.5. The number of esters is 1. The third-order valence-corrected chi connectivity index (χ3v) is 5.57. The van der Waals surface area contributed by atoms with E-state index in [4.69, 9.17) is 14.2 Å². The van der Waals surface area contributed by atoms with Gasteiger partial charge in [0.1, 0.15) is 19.0 Å². The maximum Gasteiger partial charge on any atom is 0.339 e. The van der Waals surface area contributed by atoms with E-state index in [2.05, 4.69) is 10.3 Å². The van der Waals surface area contributed by atoms with Crippen molar-refractivity contribution in [1.82, 2.24) is 10.3 Å². The molecule has 0 saturated carbocycles. The van der Waals surface area contributed by atoms with Crippen molar-refractivity contribution in [2.75, 3.05) is 26.0 Å². The minimum Gasteiger partial charge on any atom is -0.487 e. The first-order valence-electron chi connectivity index (χ1n) is 10.4. The molecule has 0 spiro atoms. The lowest BCUT2D eigenvalue weighted by Crippen LogP contribution is -2.28. The average Bonchev–Trinajstić information content (AvgIpc) is 2.86. The quantitative estimate of drug-likeness (QED) is 0.246. The van der Waals surface area contributed by atoms with Gasteiger partial charge < -0.3 is 19.5 Å². The van der Waals surface area contributed by atoms with E-state index in [0.29, 0.717) is 36.0 Å². The van der Waals surface area contributed by atoms with Crippen LogP contribution >= 0.6 is 11.8 Å². The number of nitrogens with zero attached hydrogens (tertiary/aromatic N) is 1. The number of amides is 1. The molecule has 33 heavy (non-hydrogen) atoms. The summed E-state index contributed by atoms with van der Waals surface area (Å²) in [5, 5.41) is 2.76. The summed E-state index contributed by atoms with van der Waals surface area (Å²) < 4.78 is 16.1. The molecule has 1 amide bonds. The smallest absolute Gasteiger partial charge is 0.339 e. The van der Waals surface area contributed by atoms with E-state index >= 15 is 0 Å². The molecule has 0 aliphatic carbocycles. The van der Waals surface area contributed by atoms with Crippen molar-refractivity contribution in [2.45, 2.75) is 18.1 Å². The first-order valence-corrected chi connectivity index (χ1v) is 11.4. The molecule has 0 atom stereocenters. The SMILES string of the molecule is COCCNC(=O)CSc1ccccc1C(=O)OCc1ccc(OCc2ccccn2)cc1. The van der Waals surface area contributed by atoms with Crippen molar-refractivity contribution in [2.24, 2.45) is 0 Å². The van der Waals surface area contributed by atoms with Gasteiger partial charge in [-0.15, -0.1) is 11.8 Å². The maximum atomic E-state index is 12.6. The second kappa shape index (κ2) is 13.2. The number of nitrogens with one attached hydrogen (secondary N) is 1. The number of carbonyl (C=O) groups excluding carboxylic acids is 2. The van der Waals surface area contributed by atoms with Gasteiger partial charge in [0.05, 0.1) is 23.6 Å². The van der Waals surface area contributed by atoms with E-state index < -0.39 is 5.97 Å². The molecule has 7 nitrogen and oxygen atoms in total. The molecule has 0 saturated heterocycles. The third-order valence-electron chi connectivity index (χ3n) is 4.50. The first-order chi connectivity index (χ1) is 16.2. The Kier molecular flexibility index (Phi) is 9.75. The van der Waals surface area contributed by atoms with Gasteiger partial charge in [-0.1, -0.05) is 30.3 Å². The molecule has 0 bridgehead atoms. The molecule has 1 heterocycles. The number of aromatic nitrogens is 1. The van der Waals surface area contributed by atoms with Crippen molar-refractivity contribution in [1.29, 1.82) is 0 Å². The number of ether oxygens (including phenoxy) is 3. The van der Waals surface area contributed by atoms with Gasteiger partial charge in [0.25, 0.3) is 0 Å². The zero-order valence-corrected chi connectivity index (χ0v) is 19.2. The highest BCUT2D eigenvalue weighted by Gasteiger charge is 2.14. The van der Waals surface area contributed by atoms with Crippen molar-refractivity contribution >= 4 is 23.6 Å². The van der Waals surface area contributed by atoms with Crippen LogP contribution in [0.4, 0.5) is 0 Å². The molecule has 172 valence electrons. The molecule has 0 unspecified atom stereocenters. The fraction of sp³-hybridized carbons (Fsp3) is 0.240. The number of carbonyl (C=O) groups is 2. The van der Waals surface area contributed by atoms with E-state index in [1.165, 1.54) is 11.8 Å². The molecule has 3 rings (SSSR count).